The predicted octanol–water partition coefficient (Wildman–Crippen LogP) is 5.89. The molecule has 26 heavy (non-hydrogen) atoms. The molecule has 0 spiro atoms. The fourth-order valence-corrected chi connectivity index (χ4v) is 3.30. The van der Waals surface area contributed by atoms with Crippen molar-refractivity contribution in [3.05, 3.63) is 74.2 Å². The van der Waals surface area contributed by atoms with Gasteiger partial charge in [-0.3, -0.25) is 4.57 Å². The van der Waals surface area contributed by atoms with E-state index in [0.29, 0.717) is 12.2 Å². The Balaban J connectivity index is 1.89. The Kier molecular flexibility index (Phi) is 8.13. The molecule has 140 valence electrons. The normalized spacial score (nSPS) is 13.3. The summed E-state index contributed by atoms with van der Waals surface area (Å²) in [5, 5.41) is 0. The van der Waals surface area contributed by atoms with Gasteiger partial charge in [-0.2, -0.15) is 8.78 Å². The number of ether oxygens (including phenoxy) is 1. The summed E-state index contributed by atoms with van der Waals surface area (Å²) in [6.45, 7) is 0.591. The third kappa shape index (κ3) is 6.68. The molecule has 2 aromatic rings. The lowest BCUT2D eigenvalue weighted by Crippen LogP contribution is -2.15. The third-order valence-electron chi connectivity index (χ3n) is 3.23. The van der Waals surface area contributed by atoms with E-state index in [4.69, 9.17) is 9.63 Å². The number of benzene rings is 2. The van der Waals surface area contributed by atoms with Crippen molar-refractivity contribution < 1.29 is 27.5 Å². The van der Waals surface area contributed by atoms with Crippen LogP contribution in [0.25, 0.3) is 6.08 Å². The molecule has 0 saturated carbocycles. The standard InChI is InChI=1S/C17H15Br2F2O4P/c18-14-6-3-12(4-7-14)2-1-9-24-11-13-5-8-15(16(19)10-13)17(20,21)25-26(22)23/h1-8,10,26H,9,11H2,(H,22,23)/b2-1+. The Morgan fingerprint density at radius 1 is 1.15 bits per heavy atom. The van der Waals surface area contributed by atoms with E-state index >= 15 is 0 Å². The first-order valence-corrected chi connectivity index (χ1v) is 10.2. The molecule has 0 saturated heterocycles. The topological polar surface area (TPSA) is 55.8 Å². The van der Waals surface area contributed by atoms with Gasteiger partial charge in [0.25, 0.3) is 0 Å². The minimum atomic E-state index is -3.85. The number of alkyl halides is 2. The van der Waals surface area contributed by atoms with Crippen molar-refractivity contribution in [2.75, 3.05) is 6.61 Å². The highest BCUT2D eigenvalue weighted by molar-refractivity contribution is 9.10. The lowest BCUT2D eigenvalue weighted by molar-refractivity contribution is -0.186. The van der Waals surface area contributed by atoms with Crippen LogP contribution in [0.2, 0.25) is 0 Å². The molecule has 2 rings (SSSR count). The summed E-state index contributed by atoms with van der Waals surface area (Å²) in [6, 6.07) is 11.8. The van der Waals surface area contributed by atoms with E-state index in [9.17, 15) is 13.3 Å². The summed E-state index contributed by atoms with van der Waals surface area (Å²) in [5.41, 5.74) is 1.18. The zero-order valence-electron chi connectivity index (χ0n) is 13.3. The molecule has 0 aliphatic rings. The summed E-state index contributed by atoms with van der Waals surface area (Å²) >= 11 is 6.39. The van der Waals surface area contributed by atoms with E-state index in [1.54, 1.807) is 0 Å². The van der Waals surface area contributed by atoms with Gasteiger partial charge in [-0.15, -0.1) is 0 Å². The Morgan fingerprint density at radius 3 is 2.46 bits per heavy atom. The maximum atomic E-state index is 13.7. The molecule has 1 N–H and O–H groups in total. The second kappa shape index (κ2) is 9.88. The monoisotopic (exact) mass is 510 g/mol. The van der Waals surface area contributed by atoms with E-state index in [0.717, 1.165) is 16.1 Å². The van der Waals surface area contributed by atoms with Gasteiger partial charge in [0, 0.05) is 8.95 Å². The molecule has 0 heterocycles. The maximum absolute atomic E-state index is 13.7. The second-order valence-corrected chi connectivity index (χ2v) is 7.67. The Hall–Kier alpha value is -0.890. The van der Waals surface area contributed by atoms with E-state index in [-0.39, 0.29) is 11.1 Å². The summed E-state index contributed by atoms with van der Waals surface area (Å²) in [4.78, 5) is 8.56. The Bertz CT molecular complexity index is 798. The molecular weight excluding hydrogens is 497 g/mol. The van der Waals surface area contributed by atoms with Crippen molar-refractivity contribution >= 4 is 46.2 Å². The van der Waals surface area contributed by atoms with E-state index in [1.165, 1.54) is 12.1 Å². The van der Waals surface area contributed by atoms with Gasteiger partial charge in [0.1, 0.15) is 0 Å². The highest BCUT2D eigenvalue weighted by atomic mass is 79.9. The van der Waals surface area contributed by atoms with Gasteiger partial charge in [0.05, 0.1) is 18.8 Å². The van der Waals surface area contributed by atoms with Gasteiger partial charge < -0.3 is 9.63 Å². The SMILES string of the molecule is O=[PH](O)OC(F)(F)c1ccc(COC/C=C/c2ccc(Br)cc2)cc1Br. The van der Waals surface area contributed by atoms with Crippen molar-refractivity contribution in [2.45, 2.75) is 12.7 Å². The second-order valence-electron chi connectivity index (χ2n) is 5.17. The molecule has 0 aliphatic carbocycles. The van der Waals surface area contributed by atoms with Gasteiger partial charge in [-0.05, 0) is 35.4 Å². The molecule has 1 unspecified atom stereocenters. The van der Waals surface area contributed by atoms with E-state index < -0.39 is 19.9 Å². The Labute approximate surface area is 167 Å². The van der Waals surface area contributed by atoms with Crippen LogP contribution in [-0.2, 0) is 26.5 Å². The maximum Gasteiger partial charge on any atom is 0.390 e. The van der Waals surface area contributed by atoms with Crippen LogP contribution in [0.4, 0.5) is 8.78 Å². The van der Waals surface area contributed by atoms with E-state index in [1.807, 2.05) is 36.4 Å². The number of hydrogen-bond donors (Lipinski definition) is 1. The van der Waals surface area contributed by atoms with Crippen LogP contribution in [0.3, 0.4) is 0 Å². The highest BCUT2D eigenvalue weighted by Gasteiger charge is 2.37. The van der Waals surface area contributed by atoms with Gasteiger partial charge in [0.2, 0.25) is 0 Å². The van der Waals surface area contributed by atoms with Gasteiger partial charge in [-0.1, -0.05) is 62.2 Å². The molecule has 0 radical (unpaired) electrons. The van der Waals surface area contributed by atoms with Gasteiger partial charge in [-0.25, -0.2) is 4.52 Å². The number of hydrogen-bond acceptors (Lipinski definition) is 3. The van der Waals surface area contributed by atoms with Gasteiger partial charge in [0.15, 0.2) is 0 Å². The lowest BCUT2D eigenvalue weighted by atomic mass is 10.1. The summed E-state index contributed by atoms with van der Waals surface area (Å²) in [6.07, 6.45) is -0.0788. The van der Waals surface area contributed by atoms with Crippen molar-refractivity contribution in [1.82, 2.24) is 0 Å². The zero-order valence-corrected chi connectivity index (χ0v) is 17.5. The first kappa shape index (κ1) is 21.4. The third-order valence-corrected chi connectivity index (χ3v) is 4.84. The molecule has 1 atom stereocenters. The van der Waals surface area contributed by atoms with Gasteiger partial charge >= 0.3 is 14.4 Å². The largest absolute Gasteiger partial charge is 0.390 e. The average molecular weight is 512 g/mol. The predicted molar refractivity (Wildman–Crippen MR) is 103 cm³/mol. The fourth-order valence-electron chi connectivity index (χ4n) is 2.05. The molecule has 2 aromatic carbocycles. The van der Waals surface area contributed by atoms with Crippen LogP contribution >= 0.6 is 40.1 Å². The molecular formula is C17H15Br2F2O4P. The van der Waals surface area contributed by atoms with Crippen LogP contribution in [0.1, 0.15) is 16.7 Å². The molecule has 9 heteroatoms. The van der Waals surface area contributed by atoms with Crippen LogP contribution < -0.4 is 0 Å². The minimum Gasteiger partial charge on any atom is -0.373 e. The quantitative estimate of drug-likeness (QED) is 0.354. The number of halogens is 4. The summed E-state index contributed by atoms with van der Waals surface area (Å²) < 4.78 is 48.3. The first-order valence-electron chi connectivity index (χ1n) is 7.36. The lowest BCUT2D eigenvalue weighted by Gasteiger charge is -2.17. The minimum absolute atomic E-state index is 0.0669. The zero-order chi connectivity index (χ0) is 19.2. The van der Waals surface area contributed by atoms with Crippen LogP contribution in [-0.4, -0.2) is 11.5 Å². The summed E-state index contributed by atoms with van der Waals surface area (Å²) in [7, 11) is -3.77. The molecule has 4 nitrogen and oxygen atoms in total. The van der Waals surface area contributed by atoms with Crippen molar-refractivity contribution in [2.24, 2.45) is 0 Å². The molecule has 0 fully saturated rings. The summed E-state index contributed by atoms with van der Waals surface area (Å²) in [5.74, 6) is 0. The molecule has 0 aliphatic heterocycles. The van der Waals surface area contributed by atoms with Crippen molar-refractivity contribution in [3.8, 4) is 0 Å². The smallest absolute Gasteiger partial charge is 0.373 e. The van der Waals surface area contributed by atoms with Crippen LogP contribution in [0, 0.1) is 0 Å². The first-order chi connectivity index (χ1) is 12.3. The molecule has 0 aromatic heterocycles. The van der Waals surface area contributed by atoms with Crippen molar-refractivity contribution in [3.63, 3.8) is 0 Å². The Morgan fingerprint density at radius 2 is 1.85 bits per heavy atom. The van der Waals surface area contributed by atoms with Crippen molar-refractivity contribution in [1.29, 1.82) is 0 Å². The van der Waals surface area contributed by atoms with E-state index in [2.05, 4.69) is 36.4 Å². The van der Waals surface area contributed by atoms with Crippen LogP contribution in [0.5, 0.6) is 0 Å². The molecule has 0 bridgehead atoms. The average Bonchev–Trinajstić information content (AvgIpc) is 2.55. The molecule has 0 amide bonds. The van der Waals surface area contributed by atoms with Crippen LogP contribution in [0.15, 0.2) is 57.5 Å². The number of rotatable bonds is 8. The fraction of sp³-hybridized carbons (Fsp3) is 0.176. The highest BCUT2D eigenvalue weighted by Crippen LogP contribution is 2.40.